The summed E-state index contributed by atoms with van der Waals surface area (Å²) in [5.74, 6) is 0. The van der Waals surface area contributed by atoms with Crippen LogP contribution in [0.3, 0.4) is 0 Å². The summed E-state index contributed by atoms with van der Waals surface area (Å²) in [5.41, 5.74) is 9.00. The minimum atomic E-state index is 0.855. The van der Waals surface area contributed by atoms with Crippen LogP contribution in [0.2, 0.25) is 0 Å². The predicted molar refractivity (Wildman–Crippen MR) is 49.5 cm³/mol. The van der Waals surface area contributed by atoms with Crippen molar-refractivity contribution in [3.63, 3.8) is 0 Å². The van der Waals surface area contributed by atoms with Crippen LogP contribution in [0, 0.1) is 6.92 Å². The van der Waals surface area contributed by atoms with Crippen LogP contribution in [0.25, 0.3) is 0 Å². The minimum Gasteiger partial charge on any atom is -0.398 e. The largest absolute Gasteiger partial charge is 0.398 e. The van der Waals surface area contributed by atoms with Gasteiger partial charge in [-0.1, -0.05) is 23.8 Å². The van der Waals surface area contributed by atoms with Crippen molar-refractivity contribution < 1.29 is 0 Å². The molecular formula is C10H13N. The summed E-state index contributed by atoms with van der Waals surface area (Å²) in [5, 5.41) is 0. The maximum atomic E-state index is 5.73. The molecule has 0 heterocycles. The first kappa shape index (κ1) is 7.86. The highest BCUT2D eigenvalue weighted by Gasteiger charge is 1.95. The number of rotatable bonds is 2. The Bertz CT molecular complexity index is 264. The van der Waals surface area contributed by atoms with E-state index in [1.807, 2.05) is 18.2 Å². The second-order valence-corrected chi connectivity index (χ2v) is 2.70. The van der Waals surface area contributed by atoms with Crippen LogP contribution in [0.15, 0.2) is 30.9 Å². The molecule has 0 aromatic heterocycles. The molecule has 0 saturated heterocycles. The van der Waals surface area contributed by atoms with Gasteiger partial charge in [0, 0.05) is 5.69 Å². The molecule has 0 atom stereocenters. The normalized spacial score (nSPS) is 9.55. The van der Waals surface area contributed by atoms with Crippen molar-refractivity contribution in [1.29, 1.82) is 0 Å². The molecule has 0 amide bonds. The molecule has 0 bridgehead atoms. The van der Waals surface area contributed by atoms with Crippen LogP contribution in [0.1, 0.15) is 11.1 Å². The van der Waals surface area contributed by atoms with Crippen molar-refractivity contribution in [1.82, 2.24) is 0 Å². The number of allylic oxidation sites excluding steroid dienone is 1. The second-order valence-electron chi connectivity index (χ2n) is 2.70. The molecule has 1 rings (SSSR count). The van der Waals surface area contributed by atoms with Gasteiger partial charge in [-0.15, -0.1) is 6.58 Å². The lowest BCUT2D eigenvalue weighted by Gasteiger charge is -2.02. The average molecular weight is 147 g/mol. The van der Waals surface area contributed by atoms with Crippen LogP contribution in [0.4, 0.5) is 5.69 Å². The van der Waals surface area contributed by atoms with E-state index in [4.69, 9.17) is 5.73 Å². The minimum absolute atomic E-state index is 0.855. The van der Waals surface area contributed by atoms with Crippen LogP contribution < -0.4 is 5.73 Å². The second kappa shape index (κ2) is 3.24. The van der Waals surface area contributed by atoms with Gasteiger partial charge in [-0.05, 0) is 25.0 Å². The molecule has 0 fully saturated rings. The van der Waals surface area contributed by atoms with E-state index in [1.54, 1.807) is 0 Å². The monoisotopic (exact) mass is 147 g/mol. The number of hydrogen-bond acceptors (Lipinski definition) is 1. The third-order valence-corrected chi connectivity index (χ3v) is 1.66. The maximum absolute atomic E-state index is 5.73. The fourth-order valence-corrected chi connectivity index (χ4v) is 1.07. The van der Waals surface area contributed by atoms with Crippen LogP contribution in [0.5, 0.6) is 0 Å². The zero-order valence-corrected chi connectivity index (χ0v) is 6.80. The van der Waals surface area contributed by atoms with Gasteiger partial charge < -0.3 is 5.73 Å². The fourth-order valence-electron chi connectivity index (χ4n) is 1.07. The molecule has 11 heavy (non-hydrogen) atoms. The Hall–Kier alpha value is -1.24. The van der Waals surface area contributed by atoms with E-state index in [-0.39, 0.29) is 0 Å². The molecule has 0 radical (unpaired) electrons. The molecule has 0 aliphatic rings. The third-order valence-electron chi connectivity index (χ3n) is 1.66. The molecule has 1 aromatic carbocycles. The summed E-state index contributed by atoms with van der Waals surface area (Å²) >= 11 is 0. The van der Waals surface area contributed by atoms with Crippen molar-refractivity contribution in [3.8, 4) is 0 Å². The Labute approximate surface area is 67.5 Å². The number of hydrogen-bond donors (Lipinski definition) is 1. The summed E-state index contributed by atoms with van der Waals surface area (Å²) in [6, 6.07) is 6.05. The molecule has 2 N–H and O–H groups in total. The molecule has 0 saturated carbocycles. The van der Waals surface area contributed by atoms with Gasteiger partial charge in [0.2, 0.25) is 0 Å². The SMILES string of the molecule is C=CCc1cc(C)ccc1N. The Morgan fingerprint density at radius 2 is 2.27 bits per heavy atom. The van der Waals surface area contributed by atoms with Gasteiger partial charge in [-0.3, -0.25) is 0 Å². The van der Waals surface area contributed by atoms with E-state index in [9.17, 15) is 0 Å². The van der Waals surface area contributed by atoms with E-state index in [2.05, 4.69) is 19.6 Å². The van der Waals surface area contributed by atoms with Gasteiger partial charge in [0.05, 0.1) is 0 Å². The van der Waals surface area contributed by atoms with E-state index in [0.29, 0.717) is 0 Å². The summed E-state index contributed by atoms with van der Waals surface area (Å²) < 4.78 is 0. The number of nitrogens with two attached hydrogens (primary N) is 1. The summed E-state index contributed by atoms with van der Waals surface area (Å²) in [4.78, 5) is 0. The van der Waals surface area contributed by atoms with Crippen molar-refractivity contribution in [2.75, 3.05) is 5.73 Å². The Morgan fingerprint density at radius 1 is 1.55 bits per heavy atom. The van der Waals surface area contributed by atoms with Crippen LogP contribution in [-0.2, 0) is 6.42 Å². The van der Waals surface area contributed by atoms with Gasteiger partial charge in [-0.2, -0.15) is 0 Å². The topological polar surface area (TPSA) is 26.0 Å². The fraction of sp³-hybridized carbons (Fsp3) is 0.200. The molecule has 0 aliphatic carbocycles. The molecule has 0 aliphatic heterocycles. The lowest BCUT2D eigenvalue weighted by atomic mass is 10.1. The predicted octanol–water partition coefficient (Wildman–Crippen LogP) is 2.31. The van der Waals surface area contributed by atoms with E-state index < -0.39 is 0 Å². The molecule has 0 spiro atoms. The maximum Gasteiger partial charge on any atom is 0.0349 e. The lowest BCUT2D eigenvalue weighted by Crippen LogP contribution is -1.92. The molecule has 0 unspecified atom stereocenters. The number of benzene rings is 1. The van der Waals surface area contributed by atoms with Gasteiger partial charge in [-0.25, -0.2) is 0 Å². The Kier molecular flexibility index (Phi) is 2.32. The highest BCUT2D eigenvalue weighted by atomic mass is 14.6. The van der Waals surface area contributed by atoms with Crippen LogP contribution >= 0.6 is 0 Å². The standard InChI is InChI=1S/C10H13N/c1-3-4-9-7-8(2)5-6-10(9)11/h3,5-7H,1,4,11H2,2H3. The van der Waals surface area contributed by atoms with E-state index in [0.717, 1.165) is 12.1 Å². The zero-order valence-electron chi connectivity index (χ0n) is 6.80. The summed E-state index contributed by atoms with van der Waals surface area (Å²) in [6.07, 6.45) is 2.72. The molecule has 1 nitrogen and oxygen atoms in total. The Balaban J connectivity index is 3.01. The van der Waals surface area contributed by atoms with Crippen molar-refractivity contribution in [2.24, 2.45) is 0 Å². The number of anilines is 1. The average Bonchev–Trinajstić information content (AvgIpc) is 1.98. The Morgan fingerprint density at radius 3 is 2.91 bits per heavy atom. The zero-order chi connectivity index (χ0) is 8.27. The summed E-state index contributed by atoms with van der Waals surface area (Å²) in [7, 11) is 0. The lowest BCUT2D eigenvalue weighted by molar-refractivity contribution is 1.26. The van der Waals surface area contributed by atoms with Crippen LogP contribution in [-0.4, -0.2) is 0 Å². The molecule has 1 aromatic rings. The number of aryl methyl sites for hydroxylation is 1. The van der Waals surface area contributed by atoms with Gasteiger partial charge in [0.1, 0.15) is 0 Å². The third kappa shape index (κ3) is 1.84. The summed E-state index contributed by atoms with van der Waals surface area (Å²) in [6.45, 7) is 5.73. The van der Waals surface area contributed by atoms with Crippen molar-refractivity contribution >= 4 is 5.69 Å². The smallest absolute Gasteiger partial charge is 0.0349 e. The first-order valence-corrected chi connectivity index (χ1v) is 3.70. The number of nitrogen functional groups attached to an aromatic ring is 1. The van der Waals surface area contributed by atoms with Crippen molar-refractivity contribution in [3.05, 3.63) is 42.0 Å². The quantitative estimate of drug-likeness (QED) is 0.504. The first-order valence-electron chi connectivity index (χ1n) is 3.70. The van der Waals surface area contributed by atoms with E-state index in [1.165, 1.54) is 11.1 Å². The molecular weight excluding hydrogens is 134 g/mol. The van der Waals surface area contributed by atoms with E-state index >= 15 is 0 Å². The van der Waals surface area contributed by atoms with Gasteiger partial charge >= 0.3 is 0 Å². The molecule has 1 heteroatoms. The molecule has 58 valence electrons. The van der Waals surface area contributed by atoms with Gasteiger partial charge in [0.15, 0.2) is 0 Å². The van der Waals surface area contributed by atoms with Crippen molar-refractivity contribution in [2.45, 2.75) is 13.3 Å². The first-order chi connectivity index (χ1) is 5.24. The highest BCUT2D eigenvalue weighted by Crippen LogP contribution is 2.14. The highest BCUT2D eigenvalue weighted by molar-refractivity contribution is 5.49. The van der Waals surface area contributed by atoms with Gasteiger partial charge in [0.25, 0.3) is 0 Å².